The van der Waals surface area contributed by atoms with Gasteiger partial charge in [0, 0.05) is 12.5 Å². The SMILES string of the molecule is CCOC(=O)C(CCC#N)NC(CC)c1ccc2c(c1)OC(F)(F)O2. The molecule has 0 saturated heterocycles. The van der Waals surface area contributed by atoms with Crippen molar-refractivity contribution in [2.24, 2.45) is 0 Å². The van der Waals surface area contributed by atoms with E-state index in [1.54, 1.807) is 13.0 Å². The minimum Gasteiger partial charge on any atom is -0.465 e. The minimum atomic E-state index is -3.67. The number of carbonyl (C=O) groups excluding carboxylic acids is 1. The third kappa shape index (κ3) is 4.79. The summed E-state index contributed by atoms with van der Waals surface area (Å²) in [6.07, 6.45) is -2.58. The molecule has 0 saturated carbocycles. The van der Waals surface area contributed by atoms with E-state index in [1.165, 1.54) is 12.1 Å². The summed E-state index contributed by atoms with van der Waals surface area (Å²) in [7, 11) is 0. The number of nitrogens with zero attached hydrogens (tertiary/aromatic N) is 1. The van der Waals surface area contributed by atoms with Gasteiger partial charge in [0.05, 0.1) is 12.7 Å². The maximum absolute atomic E-state index is 13.1. The third-order valence-electron chi connectivity index (χ3n) is 3.75. The van der Waals surface area contributed by atoms with Crippen molar-refractivity contribution < 1.29 is 27.8 Å². The van der Waals surface area contributed by atoms with Gasteiger partial charge in [-0.1, -0.05) is 13.0 Å². The summed E-state index contributed by atoms with van der Waals surface area (Å²) in [6.45, 7) is 3.83. The fourth-order valence-corrected chi connectivity index (χ4v) is 2.60. The van der Waals surface area contributed by atoms with Crippen molar-refractivity contribution in [3.63, 3.8) is 0 Å². The lowest BCUT2D eigenvalue weighted by Gasteiger charge is -2.23. The number of hydrogen-bond donors (Lipinski definition) is 1. The first-order valence-corrected chi connectivity index (χ1v) is 8.09. The summed E-state index contributed by atoms with van der Waals surface area (Å²) in [6, 6.07) is 5.56. The van der Waals surface area contributed by atoms with Gasteiger partial charge >= 0.3 is 12.3 Å². The van der Waals surface area contributed by atoms with Crippen LogP contribution in [0.4, 0.5) is 8.78 Å². The molecule has 0 radical (unpaired) electrons. The Labute approximate surface area is 144 Å². The van der Waals surface area contributed by atoms with Crippen LogP contribution in [0.25, 0.3) is 0 Å². The van der Waals surface area contributed by atoms with Gasteiger partial charge in [0.2, 0.25) is 0 Å². The molecule has 25 heavy (non-hydrogen) atoms. The van der Waals surface area contributed by atoms with Crippen molar-refractivity contribution in [2.45, 2.75) is 51.5 Å². The predicted molar refractivity (Wildman–Crippen MR) is 84.1 cm³/mol. The number of ether oxygens (including phenoxy) is 3. The highest BCUT2D eigenvalue weighted by molar-refractivity contribution is 5.75. The summed E-state index contributed by atoms with van der Waals surface area (Å²) < 4.78 is 40.2. The second-order valence-corrected chi connectivity index (χ2v) is 5.50. The Bertz CT molecular complexity index is 661. The first-order valence-electron chi connectivity index (χ1n) is 8.09. The van der Waals surface area contributed by atoms with Crippen LogP contribution in [-0.4, -0.2) is 24.9 Å². The smallest absolute Gasteiger partial charge is 0.465 e. The number of rotatable bonds is 8. The number of esters is 1. The molecule has 6 nitrogen and oxygen atoms in total. The van der Waals surface area contributed by atoms with Gasteiger partial charge < -0.3 is 14.2 Å². The molecule has 0 aliphatic carbocycles. The molecule has 2 atom stereocenters. The molecule has 8 heteroatoms. The van der Waals surface area contributed by atoms with Gasteiger partial charge in [-0.2, -0.15) is 5.26 Å². The largest absolute Gasteiger partial charge is 0.586 e. The molecule has 2 unspecified atom stereocenters. The van der Waals surface area contributed by atoms with Crippen LogP contribution < -0.4 is 14.8 Å². The number of halogens is 2. The van der Waals surface area contributed by atoms with E-state index in [9.17, 15) is 13.6 Å². The second kappa shape index (κ2) is 8.12. The Morgan fingerprint density at radius 3 is 2.72 bits per heavy atom. The number of carbonyl (C=O) groups is 1. The zero-order valence-corrected chi connectivity index (χ0v) is 14.1. The third-order valence-corrected chi connectivity index (χ3v) is 3.75. The predicted octanol–water partition coefficient (Wildman–Crippen LogP) is 3.28. The van der Waals surface area contributed by atoms with Gasteiger partial charge in [-0.25, -0.2) is 0 Å². The van der Waals surface area contributed by atoms with E-state index in [4.69, 9.17) is 10.00 Å². The molecule has 1 aromatic carbocycles. The number of benzene rings is 1. The van der Waals surface area contributed by atoms with Crippen LogP contribution in [0, 0.1) is 11.3 Å². The van der Waals surface area contributed by atoms with E-state index in [0.717, 1.165) is 0 Å². The van der Waals surface area contributed by atoms with Crippen molar-refractivity contribution in [3.05, 3.63) is 23.8 Å². The molecule has 136 valence electrons. The van der Waals surface area contributed by atoms with Gasteiger partial charge in [0.15, 0.2) is 11.5 Å². The van der Waals surface area contributed by atoms with Crippen molar-refractivity contribution in [2.75, 3.05) is 6.61 Å². The topological polar surface area (TPSA) is 80.6 Å². The lowest BCUT2D eigenvalue weighted by molar-refractivity contribution is -0.286. The van der Waals surface area contributed by atoms with Gasteiger partial charge in [-0.05, 0) is 37.5 Å². The van der Waals surface area contributed by atoms with E-state index in [-0.39, 0.29) is 30.6 Å². The molecule has 1 N–H and O–H groups in total. The number of hydrogen-bond acceptors (Lipinski definition) is 6. The molecule has 1 heterocycles. The van der Waals surface area contributed by atoms with Crippen LogP contribution in [0.1, 0.15) is 44.7 Å². The number of alkyl halides is 2. The quantitative estimate of drug-likeness (QED) is 0.722. The van der Waals surface area contributed by atoms with Crippen LogP contribution in [-0.2, 0) is 9.53 Å². The number of fused-ring (bicyclic) bond motifs is 1. The maximum atomic E-state index is 13.1. The van der Waals surface area contributed by atoms with Crippen LogP contribution in [0.5, 0.6) is 11.5 Å². The Kier molecular flexibility index (Phi) is 6.15. The molecule has 1 aliphatic heterocycles. The van der Waals surface area contributed by atoms with Gasteiger partial charge in [-0.15, -0.1) is 8.78 Å². The average Bonchev–Trinajstić information content (AvgIpc) is 2.88. The molecule has 0 spiro atoms. The van der Waals surface area contributed by atoms with Gasteiger partial charge in [0.25, 0.3) is 0 Å². The Balaban J connectivity index is 2.15. The first-order chi connectivity index (χ1) is 11.9. The molecule has 1 aromatic rings. The molecule has 0 fully saturated rings. The van der Waals surface area contributed by atoms with E-state index in [1.807, 2.05) is 13.0 Å². The summed E-state index contributed by atoms with van der Waals surface area (Å²) in [5, 5.41) is 11.9. The normalized spacial score (nSPS) is 16.8. The minimum absolute atomic E-state index is 0.0324. The highest BCUT2D eigenvalue weighted by atomic mass is 19.3. The van der Waals surface area contributed by atoms with Crippen LogP contribution >= 0.6 is 0 Å². The molecule has 0 bridgehead atoms. The standard InChI is InChI=1S/C17H20F2N2O4/c1-3-12(21-13(6-5-9-20)16(22)23-4-2)11-7-8-14-15(10-11)25-17(18,19)24-14/h7-8,10,12-13,21H,3-6H2,1-2H3. The Morgan fingerprint density at radius 2 is 2.08 bits per heavy atom. The van der Waals surface area contributed by atoms with Crippen molar-refractivity contribution in [3.8, 4) is 17.6 Å². The fraction of sp³-hybridized carbons (Fsp3) is 0.529. The van der Waals surface area contributed by atoms with Crippen LogP contribution in [0.2, 0.25) is 0 Å². The van der Waals surface area contributed by atoms with E-state index in [0.29, 0.717) is 18.4 Å². The van der Waals surface area contributed by atoms with Gasteiger partial charge in [-0.3, -0.25) is 10.1 Å². The molecule has 2 rings (SSSR count). The molecule has 0 amide bonds. The van der Waals surface area contributed by atoms with Gasteiger partial charge in [0.1, 0.15) is 6.04 Å². The molecule has 0 aromatic heterocycles. The Hall–Kier alpha value is -2.40. The maximum Gasteiger partial charge on any atom is 0.586 e. The highest BCUT2D eigenvalue weighted by Gasteiger charge is 2.43. The zero-order valence-electron chi connectivity index (χ0n) is 14.1. The molecular formula is C17H20F2N2O4. The summed E-state index contributed by atoms with van der Waals surface area (Å²) in [4.78, 5) is 12.1. The summed E-state index contributed by atoms with van der Waals surface area (Å²) in [5.74, 6) is -0.522. The number of nitrogens with one attached hydrogen (secondary N) is 1. The lowest BCUT2D eigenvalue weighted by atomic mass is 10.0. The summed E-state index contributed by atoms with van der Waals surface area (Å²) in [5.41, 5.74) is 0.675. The second-order valence-electron chi connectivity index (χ2n) is 5.50. The van der Waals surface area contributed by atoms with Crippen molar-refractivity contribution in [1.82, 2.24) is 5.32 Å². The van der Waals surface area contributed by atoms with Crippen LogP contribution in [0.15, 0.2) is 18.2 Å². The van der Waals surface area contributed by atoms with E-state index < -0.39 is 18.3 Å². The zero-order chi connectivity index (χ0) is 18.4. The monoisotopic (exact) mass is 354 g/mol. The lowest BCUT2D eigenvalue weighted by Crippen LogP contribution is -2.40. The molecule has 1 aliphatic rings. The van der Waals surface area contributed by atoms with E-state index in [2.05, 4.69) is 14.8 Å². The van der Waals surface area contributed by atoms with Crippen molar-refractivity contribution >= 4 is 5.97 Å². The van der Waals surface area contributed by atoms with Crippen LogP contribution in [0.3, 0.4) is 0 Å². The molecular weight excluding hydrogens is 334 g/mol. The summed E-state index contributed by atoms with van der Waals surface area (Å²) >= 11 is 0. The van der Waals surface area contributed by atoms with E-state index >= 15 is 0 Å². The first kappa shape index (κ1) is 18.9. The average molecular weight is 354 g/mol. The number of nitriles is 1. The Morgan fingerprint density at radius 1 is 1.36 bits per heavy atom. The van der Waals surface area contributed by atoms with Crippen molar-refractivity contribution in [1.29, 1.82) is 5.26 Å². The highest BCUT2D eigenvalue weighted by Crippen LogP contribution is 2.42. The fourth-order valence-electron chi connectivity index (χ4n) is 2.60.